The number of hydrogen-bond acceptors (Lipinski definition) is 3. The summed E-state index contributed by atoms with van der Waals surface area (Å²) in [7, 11) is 1.38. The van der Waals surface area contributed by atoms with Crippen LogP contribution in [0.5, 0.6) is 0 Å². The van der Waals surface area contributed by atoms with Gasteiger partial charge in [0.15, 0.2) is 0 Å². The SMILES string of the molecule is COC(=O)c1ccc(SC(C)Br)cc1. The minimum absolute atomic E-state index is 0.298. The van der Waals surface area contributed by atoms with Crippen molar-refractivity contribution in [3.8, 4) is 0 Å². The van der Waals surface area contributed by atoms with Crippen LogP contribution in [0.15, 0.2) is 29.2 Å². The average Bonchev–Trinajstić information content (AvgIpc) is 2.17. The molecule has 0 saturated heterocycles. The minimum Gasteiger partial charge on any atom is -0.465 e. The number of methoxy groups -OCH3 is 1. The Morgan fingerprint density at radius 1 is 1.43 bits per heavy atom. The average molecular weight is 275 g/mol. The smallest absolute Gasteiger partial charge is 0.337 e. The molecule has 0 N–H and O–H groups in total. The zero-order chi connectivity index (χ0) is 10.6. The van der Waals surface area contributed by atoms with Crippen LogP contribution in [-0.4, -0.2) is 17.2 Å². The van der Waals surface area contributed by atoms with Crippen LogP contribution in [0.3, 0.4) is 0 Å². The van der Waals surface area contributed by atoms with Crippen LogP contribution in [0.25, 0.3) is 0 Å². The maximum atomic E-state index is 11.1. The van der Waals surface area contributed by atoms with Gasteiger partial charge in [-0.25, -0.2) is 4.79 Å². The molecule has 1 atom stereocenters. The second-order valence-electron chi connectivity index (χ2n) is 2.68. The Bertz CT molecular complexity index is 308. The van der Waals surface area contributed by atoms with Gasteiger partial charge < -0.3 is 4.74 Å². The standard InChI is InChI=1S/C10H11BrO2S/c1-7(11)14-9-5-3-8(4-6-9)10(12)13-2/h3-7H,1-2H3. The first-order valence-electron chi connectivity index (χ1n) is 4.12. The quantitative estimate of drug-likeness (QED) is 0.481. The number of carbonyl (C=O) groups is 1. The van der Waals surface area contributed by atoms with Gasteiger partial charge in [-0.1, -0.05) is 15.9 Å². The first-order chi connectivity index (χ1) is 6.63. The van der Waals surface area contributed by atoms with Crippen molar-refractivity contribution in [3.63, 3.8) is 0 Å². The lowest BCUT2D eigenvalue weighted by atomic mass is 10.2. The van der Waals surface area contributed by atoms with E-state index in [1.807, 2.05) is 12.1 Å². The Kier molecular flexibility index (Phi) is 4.48. The fraction of sp³-hybridized carbons (Fsp3) is 0.300. The molecule has 0 aliphatic rings. The molecule has 0 spiro atoms. The first kappa shape index (κ1) is 11.6. The Labute approximate surface area is 96.2 Å². The Morgan fingerprint density at radius 2 is 2.00 bits per heavy atom. The number of esters is 1. The summed E-state index contributed by atoms with van der Waals surface area (Å²) in [5.74, 6) is -0.298. The van der Waals surface area contributed by atoms with Crippen LogP contribution >= 0.6 is 27.7 Å². The molecule has 0 aliphatic heterocycles. The third-order valence-electron chi connectivity index (χ3n) is 1.57. The fourth-order valence-electron chi connectivity index (χ4n) is 0.975. The van der Waals surface area contributed by atoms with Crippen molar-refractivity contribution in [2.45, 2.75) is 16.0 Å². The summed E-state index contributed by atoms with van der Waals surface area (Å²) >= 11 is 5.13. The Hall–Kier alpha value is -0.480. The van der Waals surface area contributed by atoms with Gasteiger partial charge in [0.1, 0.15) is 0 Å². The van der Waals surface area contributed by atoms with Gasteiger partial charge in [0.2, 0.25) is 0 Å². The van der Waals surface area contributed by atoms with Crippen molar-refractivity contribution in [1.29, 1.82) is 0 Å². The summed E-state index contributed by atoms with van der Waals surface area (Å²) in [6.07, 6.45) is 0. The number of carbonyl (C=O) groups excluding carboxylic acids is 1. The molecular formula is C10H11BrO2S. The van der Waals surface area contributed by atoms with Crippen LogP contribution < -0.4 is 0 Å². The van der Waals surface area contributed by atoms with Crippen molar-refractivity contribution >= 4 is 33.7 Å². The molecule has 1 rings (SSSR count). The Balaban J connectivity index is 2.73. The second-order valence-corrected chi connectivity index (χ2v) is 6.07. The molecule has 0 aromatic heterocycles. The number of hydrogen-bond donors (Lipinski definition) is 0. The molecule has 0 aliphatic carbocycles. The van der Waals surface area contributed by atoms with Gasteiger partial charge in [0.25, 0.3) is 0 Å². The molecule has 0 heterocycles. The molecule has 0 amide bonds. The monoisotopic (exact) mass is 274 g/mol. The van der Waals surface area contributed by atoms with E-state index in [1.54, 1.807) is 23.9 Å². The van der Waals surface area contributed by atoms with E-state index in [1.165, 1.54) is 7.11 Å². The predicted molar refractivity (Wildman–Crippen MR) is 62.0 cm³/mol. The van der Waals surface area contributed by atoms with Crippen LogP contribution in [0, 0.1) is 0 Å². The summed E-state index contributed by atoms with van der Waals surface area (Å²) in [5.41, 5.74) is 0.582. The van der Waals surface area contributed by atoms with Crippen molar-refractivity contribution in [3.05, 3.63) is 29.8 Å². The zero-order valence-electron chi connectivity index (χ0n) is 7.99. The van der Waals surface area contributed by atoms with E-state index in [9.17, 15) is 4.79 Å². The lowest BCUT2D eigenvalue weighted by Crippen LogP contribution is -2.00. The largest absolute Gasteiger partial charge is 0.465 e. The van der Waals surface area contributed by atoms with E-state index in [0.29, 0.717) is 9.72 Å². The van der Waals surface area contributed by atoms with Gasteiger partial charge in [-0.05, 0) is 31.2 Å². The van der Waals surface area contributed by atoms with Gasteiger partial charge in [-0.15, -0.1) is 11.8 Å². The highest BCUT2D eigenvalue weighted by atomic mass is 79.9. The summed E-state index contributed by atoms with van der Waals surface area (Å²) in [5, 5.41) is 0. The van der Waals surface area contributed by atoms with E-state index in [-0.39, 0.29) is 5.97 Å². The number of rotatable bonds is 3. The third kappa shape index (κ3) is 3.35. The highest BCUT2D eigenvalue weighted by Crippen LogP contribution is 2.26. The fourth-order valence-corrected chi connectivity index (χ4v) is 2.29. The highest BCUT2D eigenvalue weighted by molar-refractivity contribution is 9.11. The molecule has 0 radical (unpaired) electrons. The highest BCUT2D eigenvalue weighted by Gasteiger charge is 2.05. The van der Waals surface area contributed by atoms with Crippen molar-refractivity contribution in [2.24, 2.45) is 0 Å². The van der Waals surface area contributed by atoms with Gasteiger partial charge in [0, 0.05) is 4.90 Å². The molecule has 0 bridgehead atoms. The molecular weight excluding hydrogens is 264 g/mol. The predicted octanol–water partition coefficient (Wildman–Crippen LogP) is 3.31. The number of alkyl halides is 1. The van der Waals surface area contributed by atoms with Gasteiger partial charge in [-0.3, -0.25) is 0 Å². The normalized spacial score (nSPS) is 12.2. The lowest BCUT2D eigenvalue weighted by Gasteiger charge is -2.04. The molecule has 0 saturated carbocycles. The molecule has 0 fully saturated rings. The molecule has 14 heavy (non-hydrogen) atoms. The summed E-state index contributed by atoms with van der Waals surface area (Å²) < 4.78 is 4.97. The number of ether oxygens (including phenoxy) is 1. The van der Waals surface area contributed by atoms with E-state index in [4.69, 9.17) is 0 Å². The summed E-state index contributed by atoms with van der Waals surface area (Å²) in [6.45, 7) is 2.05. The minimum atomic E-state index is -0.298. The maximum Gasteiger partial charge on any atom is 0.337 e. The molecule has 2 nitrogen and oxygen atoms in total. The molecule has 1 aromatic rings. The van der Waals surface area contributed by atoms with Crippen molar-refractivity contribution in [2.75, 3.05) is 7.11 Å². The second kappa shape index (κ2) is 5.41. The van der Waals surface area contributed by atoms with Gasteiger partial charge in [-0.2, -0.15) is 0 Å². The van der Waals surface area contributed by atoms with Crippen molar-refractivity contribution < 1.29 is 9.53 Å². The van der Waals surface area contributed by atoms with Crippen molar-refractivity contribution in [1.82, 2.24) is 0 Å². The van der Waals surface area contributed by atoms with Crippen LogP contribution in [0.4, 0.5) is 0 Å². The summed E-state index contributed by atoms with van der Waals surface area (Å²) in [6, 6.07) is 7.36. The molecule has 1 aromatic carbocycles. The van der Waals surface area contributed by atoms with E-state index in [2.05, 4.69) is 27.6 Å². The van der Waals surface area contributed by atoms with Gasteiger partial charge >= 0.3 is 5.97 Å². The van der Waals surface area contributed by atoms with E-state index >= 15 is 0 Å². The van der Waals surface area contributed by atoms with Crippen LogP contribution in [0.1, 0.15) is 17.3 Å². The van der Waals surface area contributed by atoms with E-state index in [0.717, 1.165) is 4.90 Å². The summed E-state index contributed by atoms with van der Waals surface area (Å²) in [4.78, 5) is 12.2. The molecule has 76 valence electrons. The Morgan fingerprint density at radius 3 is 2.43 bits per heavy atom. The number of benzene rings is 1. The first-order valence-corrected chi connectivity index (χ1v) is 5.92. The number of halogens is 1. The van der Waals surface area contributed by atoms with Crippen LogP contribution in [-0.2, 0) is 4.74 Å². The lowest BCUT2D eigenvalue weighted by molar-refractivity contribution is 0.0600. The molecule has 1 unspecified atom stereocenters. The topological polar surface area (TPSA) is 26.3 Å². The molecule has 4 heteroatoms. The third-order valence-corrected chi connectivity index (χ3v) is 3.00. The van der Waals surface area contributed by atoms with Crippen LogP contribution in [0.2, 0.25) is 0 Å². The number of thioether (sulfide) groups is 1. The van der Waals surface area contributed by atoms with Gasteiger partial charge in [0.05, 0.1) is 16.8 Å². The maximum absolute atomic E-state index is 11.1. The van der Waals surface area contributed by atoms with E-state index < -0.39 is 0 Å². The zero-order valence-corrected chi connectivity index (χ0v) is 10.4.